The Hall–Kier alpha value is -0.150. The van der Waals surface area contributed by atoms with E-state index in [0.29, 0.717) is 20.8 Å². The highest BCUT2D eigenvalue weighted by Gasteiger charge is 2.48. The minimum absolute atomic E-state index is 0.0816. The molecule has 1 N–H and O–H groups in total. The Kier molecular flexibility index (Phi) is 4.80. The number of aromatic nitrogens is 1. The fraction of sp³-hybridized carbons (Fsp3) is 0.0909. The van der Waals surface area contributed by atoms with Gasteiger partial charge in [-0.3, -0.25) is 0 Å². The topological polar surface area (TPSA) is 38.8 Å². The Balaban J connectivity index is 2.50. The summed E-state index contributed by atoms with van der Waals surface area (Å²) in [5.41, 5.74) is -3.82. The molecule has 0 radical (unpaired) electrons. The Labute approximate surface area is 137 Å². The van der Waals surface area contributed by atoms with Crippen molar-refractivity contribution < 1.29 is 17.7 Å². The van der Waals surface area contributed by atoms with Crippen molar-refractivity contribution in [3.63, 3.8) is 0 Å². The summed E-state index contributed by atoms with van der Waals surface area (Å²) in [4.78, 5) is 2.53. The van der Waals surface area contributed by atoms with Gasteiger partial charge in [-0.25, -0.2) is 0 Å². The van der Waals surface area contributed by atoms with Crippen molar-refractivity contribution in [2.75, 3.05) is 0 Å². The van der Waals surface area contributed by atoms with Crippen molar-refractivity contribution in [3.05, 3.63) is 38.2 Å². The third-order valence-electron chi connectivity index (χ3n) is 2.38. The number of hydrogen-bond acceptors (Lipinski definition) is 1. The van der Waals surface area contributed by atoms with Gasteiger partial charge in [0.2, 0.25) is 5.03 Å². The molecular formula is C11H5Br2ClF3NOS. The number of halogens is 6. The van der Waals surface area contributed by atoms with Gasteiger partial charge in [0.1, 0.15) is 15.6 Å². The SMILES string of the molecule is [O-][S+](c1[nH]c(-c2ccc(Cl)cc2)c(Br)c1Br)C(F)(F)F. The average molecular weight is 451 g/mol. The van der Waals surface area contributed by atoms with Crippen molar-refractivity contribution in [1.29, 1.82) is 0 Å². The van der Waals surface area contributed by atoms with Crippen LogP contribution in [-0.4, -0.2) is 15.0 Å². The molecule has 20 heavy (non-hydrogen) atoms. The smallest absolute Gasteiger partial charge is 0.579 e. The Morgan fingerprint density at radius 1 is 1.10 bits per heavy atom. The number of rotatable bonds is 2. The fourth-order valence-electron chi connectivity index (χ4n) is 1.49. The molecule has 1 unspecified atom stereocenters. The molecule has 0 bridgehead atoms. The maximum absolute atomic E-state index is 12.5. The van der Waals surface area contributed by atoms with E-state index in [4.69, 9.17) is 11.6 Å². The van der Waals surface area contributed by atoms with Crippen LogP contribution >= 0.6 is 43.5 Å². The van der Waals surface area contributed by atoms with Crippen LogP contribution in [0.2, 0.25) is 5.02 Å². The molecule has 0 spiro atoms. The van der Waals surface area contributed by atoms with Crippen LogP contribution in [0.5, 0.6) is 0 Å². The van der Waals surface area contributed by atoms with Gasteiger partial charge in [0, 0.05) is 5.02 Å². The molecule has 0 aliphatic rings. The number of hydrogen-bond donors (Lipinski definition) is 1. The minimum Gasteiger partial charge on any atom is -0.603 e. The molecule has 0 saturated heterocycles. The quantitative estimate of drug-likeness (QED) is 0.603. The third kappa shape index (κ3) is 3.19. The maximum atomic E-state index is 12.5. The van der Waals surface area contributed by atoms with E-state index in [2.05, 4.69) is 36.8 Å². The average Bonchev–Trinajstić information content (AvgIpc) is 2.66. The first-order chi connectivity index (χ1) is 9.21. The zero-order valence-corrected chi connectivity index (χ0v) is 14.1. The first-order valence-electron chi connectivity index (χ1n) is 5.03. The second kappa shape index (κ2) is 5.92. The molecule has 9 heteroatoms. The highest BCUT2D eigenvalue weighted by atomic mass is 79.9. The summed E-state index contributed by atoms with van der Waals surface area (Å²) >= 11 is 8.81. The van der Waals surface area contributed by atoms with Crippen LogP contribution in [-0.2, 0) is 11.2 Å². The normalized spacial score (nSPS) is 13.6. The summed E-state index contributed by atoms with van der Waals surface area (Å²) in [7, 11) is 0. The molecule has 1 heterocycles. The number of H-pyrrole nitrogens is 1. The molecule has 2 nitrogen and oxygen atoms in total. The van der Waals surface area contributed by atoms with Gasteiger partial charge in [-0.05, 0) is 49.6 Å². The number of alkyl halides is 3. The number of nitrogens with one attached hydrogen (secondary N) is 1. The molecule has 108 valence electrons. The Morgan fingerprint density at radius 3 is 2.15 bits per heavy atom. The molecule has 2 aromatic rings. The van der Waals surface area contributed by atoms with E-state index in [0.717, 1.165) is 0 Å². The van der Waals surface area contributed by atoms with E-state index in [9.17, 15) is 17.7 Å². The first-order valence-corrected chi connectivity index (χ1v) is 8.14. The van der Waals surface area contributed by atoms with Crippen molar-refractivity contribution in [2.45, 2.75) is 10.5 Å². The van der Waals surface area contributed by atoms with Crippen LogP contribution in [0.1, 0.15) is 0 Å². The molecule has 0 amide bonds. The van der Waals surface area contributed by atoms with Gasteiger partial charge in [0.15, 0.2) is 0 Å². The molecule has 0 aliphatic carbocycles. The largest absolute Gasteiger partial charge is 0.603 e. The highest BCUT2D eigenvalue weighted by molar-refractivity contribution is 9.13. The molecule has 0 fully saturated rings. The summed E-state index contributed by atoms with van der Waals surface area (Å²) in [6.45, 7) is 0. The molecule has 1 aromatic heterocycles. The van der Waals surface area contributed by atoms with Gasteiger partial charge in [-0.1, -0.05) is 23.7 Å². The lowest BCUT2D eigenvalue weighted by molar-refractivity contribution is -0.0437. The van der Waals surface area contributed by atoms with Gasteiger partial charge >= 0.3 is 5.51 Å². The van der Waals surface area contributed by atoms with Crippen molar-refractivity contribution >= 4 is 54.6 Å². The van der Waals surface area contributed by atoms with E-state index in [1.54, 1.807) is 24.3 Å². The van der Waals surface area contributed by atoms with Gasteiger partial charge in [0.25, 0.3) is 0 Å². The van der Waals surface area contributed by atoms with Crippen LogP contribution in [0.4, 0.5) is 13.2 Å². The summed E-state index contributed by atoms with van der Waals surface area (Å²) < 4.78 is 49.5. The third-order valence-corrected chi connectivity index (χ3v) is 6.11. The molecule has 0 aliphatic heterocycles. The lowest BCUT2D eigenvalue weighted by Gasteiger charge is -2.10. The van der Waals surface area contributed by atoms with Gasteiger partial charge < -0.3 is 9.54 Å². The molecule has 1 atom stereocenters. The molecular weight excluding hydrogens is 446 g/mol. The predicted octanol–water partition coefficient (Wildman–Crippen LogP) is 5.49. The highest BCUT2D eigenvalue weighted by Crippen LogP contribution is 2.42. The summed E-state index contributed by atoms with van der Waals surface area (Å²) in [5.74, 6) is 0. The Morgan fingerprint density at radius 2 is 1.65 bits per heavy atom. The number of benzene rings is 1. The van der Waals surface area contributed by atoms with Gasteiger partial charge in [-0.2, -0.15) is 0 Å². The Bertz CT molecular complexity index is 630. The summed E-state index contributed by atoms with van der Waals surface area (Å²) in [6, 6.07) is 6.51. The second-order valence-corrected chi connectivity index (χ2v) is 7.11. The van der Waals surface area contributed by atoms with E-state index < -0.39 is 21.7 Å². The van der Waals surface area contributed by atoms with Gasteiger partial charge in [0.05, 0.1) is 10.2 Å². The van der Waals surface area contributed by atoms with Crippen LogP contribution < -0.4 is 0 Å². The van der Waals surface area contributed by atoms with Crippen LogP contribution in [0.3, 0.4) is 0 Å². The van der Waals surface area contributed by atoms with Crippen molar-refractivity contribution in [1.82, 2.24) is 4.98 Å². The van der Waals surface area contributed by atoms with Crippen LogP contribution in [0.25, 0.3) is 11.3 Å². The van der Waals surface area contributed by atoms with E-state index >= 15 is 0 Å². The van der Waals surface area contributed by atoms with Crippen LogP contribution in [0.15, 0.2) is 38.2 Å². The molecule has 0 saturated carbocycles. The molecule has 2 rings (SSSR count). The summed E-state index contributed by atoms with van der Waals surface area (Å²) in [6.07, 6.45) is 0. The van der Waals surface area contributed by atoms with Crippen molar-refractivity contribution in [3.8, 4) is 11.3 Å². The maximum Gasteiger partial charge on any atom is 0.579 e. The minimum atomic E-state index is -4.83. The van der Waals surface area contributed by atoms with E-state index in [1.165, 1.54) is 0 Å². The zero-order valence-electron chi connectivity index (χ0n) is 9.39. The predicted molar refractivity (Wildman–Crippen MR) is 79.1 cm³/mol. The number of aromatic amines is 1. The molecule has 1 aromatic carbocycles. The zero-order chi connectivity index (χ0) is 15.1. The standard InChI is InChI=1S/C11H5Br2ClF3NOS/c12-7-8(13)10(20(19)11(15,16)17)18-9(7)5-1-3-6(14)4-2-5/h1-4,18H. The first kappa shape index (κ1) is 16.2. The van der Waals surface area contributed by atoms with E-state index in [1.807, 2.05) is 0 Å². The van der Waals surface area contributed by atoms with Gasteiger partial charge in [-0.15, -0.1) is 13.2 Å². The van der Waals surface area contributed by atoms with Crippen molar-refractivity contribution in [2.24, 2.45) is 0 Å². The summed E-state index contributed by atoms with van der Waals surface area (Å²) in [5, 5.41) is 0.0731. The monoisotopic (exact) mass is 449 g/mol. The fourth-order valence-corrected chi connectivity index (χ4v) is 3.70. The lowest BCUT2D eigenvalue weighted by Crippen LogP contribution is -2.23. The lowest BCUT2D eigenvalue weighted by atomic mass is 10.2. The van der Waals surface area contributed by atoms with E-state index in [-0.39, 0.29) is 4.47 Å². The second-order valence-electron chi connectivity index (χ2n) is 3.68. The van der Waals surface area contributed by atoms with Crippen LogP contribution in [0, 0.1) is 0 Å².